The van der Waals surface area contributed by atoms with Crippen molar-refractivity contribution < 1.29 is 9.59 Å². The van der Waals surface area contributed by atoms with Crippen LogP contribution in [0.3, 0.4) is 0 Å². The molecule has 0 atom stereocenters. The Hall–Kier alpha value is -2.31. The number of carbonyl (C=O) groups is 2. The Labute approximate surface area is 163 Å². The molecule has 0 saturated carbocycles. The molecule has 6 heteroatoms. The third kappa shape index (κ3) is 2.99. The van der Waals surface area contributed by atoms with E-state index in [1.54, 1.807) is 0 Å². The monoisotopic (exact) mass is 426 g/mol. The first-order valence-electron chi connectivity index (χ1n) is 8.07. The van der Waals surface area contributed by atoms with Gasteiger partial charge in [0.1, 0.15) is 0 Å². The molecule has 0 aliphatic carbocycles. The van der Waals surface area contributed by atoms with Gasteiger partial charge in [-0.1, -0.05) is 52.3 Å². The highest BCUT2D eigenvalue weighted by Crippen LogP contribution is 2.35. The van der Waals surface area contributed by atoms with Crippen LogP contribution in [-0.4, -0.2) is 20.6 Å². The number of carbonyl (C=O) groups excluding carboxylic acids is 2. The first kappa shape index (κ1) is 17.1. The number of nitrogens with zero attached hydrogens (tertiary/aromatic N) is 2. The van der Waals surface area contributed by atoms with Gasteiger partial charge in [0.25, 0.3) is 11.1 Å². The minimum absolute atomic E-state index is 0.239. The number of amides is 2. The van der Waals surface area contributed by atoms with Crippen molar-refractivity contribution in [2.75, 3.05) is 0 Å². The SMILES string of the molecule is Cn1cc(/C=C2/SC(=O)N(Cc3ccccc3Br)C2=O)c2ccccc21. The molecule has 0 radical (unpaired) electrons. The third-order valence-corrected chi connectivity index (χ3v) is 6.06. The molecular formula is C20H15BrN2O2S. The second-order valence-electron chi connectivity index (χ2n) is 6.07. The summed E-state index contributed by atoms with van der Waals surface area (Å²) >= 11 is 4.46. The molecule has 26 heavy (non-hydrogen) atoms. The van der Waals surface area contributed by atoms with Crippen molar-refractivity contribution in [3.05, 3.63) is 75.2 Å². The molecule has 1 fully saturated rings. The van der Waals surface area contributed by atoms with Gasteiger partial charge in [-0.3, -0.25) is 14.5 Å². The van der Waals surface area contributed by atoms with Crippen LogP contribution in [0.15, 0.2) is 64.1 Å². The molecule has 2 aromatic carbocycles. The lowest BCUT2D eigenvalue weighted by molar-refractivity contribution is -0.123. The number of fused-ring (bicyclic) bond motifs is 1. The molecule has 3 aromatic rings. The summed E-state index contributed by atoms with van der Waals surface area (Å²) in [6.07, 6.45) is 3.79. The number of aromatic nitrogens is 1. The summed E-state index contributed by atoms with van der Waals surface area (Å²) in [7, 11) is 1.97. The fourth-order valence-electron chi connectivity index (χ4n) is 3.06. The van der Waals surface area contributed by atoms with Crippen LogP contribution in [0.5, 0.6) is 0 Å². The Kier molecular flexibility index (Phi) is 4.46. The largest absolute Gasteiger partial charge is 0.350 e. The van der Waals surface area contributed by atoms with Crippen molar-refractivity contribution in [2.45, 2.75) is 6.54 Å². The van der Waals surface area contributed by atoms with Gasteiger partial charge in [0.15, 0.2) is 0 Å². The molecule has 4 nitrogen and oxygen atoms in total. The second-order valence-corrected chi connectivity index (χ2v) is 7.92. The quantitative estimate of drug-likeness (QED) is 0.541. The van der Waals surface area contributed by atoms with Crippen LogP contribution in [-0.2, 0) is 18.4 Å². The van der Waals surface area contributed by atoms with Gasteiger partial charge >= 0.3 is 0 Å². The summed E-state index contributed by atoms with van der Waals surface area (Å²) in [4.78, 5) is 26.9. The third-order valence-electron chi connectivity index (χ3n) is 4.37. The van der Waals surface area contributed by atoms with E-state index in [1.807, 2.05) is 72.4 Å². The van der Waals surface area contributed by atoms with E-state index in [0.29, 0.717) is 4.91 Å². The zero-order valence-corrected chi connectivity index (χ0v) is 16.4. The first-order chi connectivity index (χ1) is 12.5. The lowest BCUT2D eigenvalue weighted by Crippen LogP contribution is -2.27. The predicted octanol–water partition coefficient (Wildman–Crippen LogP) is 5.18. The van der Waals surface area contributed by atoms with Crippen LogP contribution in [0.25, 0.3) is 17.0 Å². The summed E-state index contributed by atoms with van der Waals surface area (Å²) in [6.45, 7) is 0.263. The molecule has 130 valence electrons. The second kappa shape index (κ2) is 6.78. The van der Waals surface area contributed by atoms with E-state index in [1.165, 1.54) is 4.90 Å². The number of para-hydroxylation sites is 1. The maximum atomic E-state index is 12.8. The van der Waals surface area contributed by atoms with Crippen molar-refractivity contribution in [1.29, 1.82) is 0 Å². The summed E-state index contributed by atoms with van der Waals surface area (Å²) in [6, 6.07) is 15.6. The summed E-state index contributed by atoms with van der Waals surface area (Å²) in [5.41, 5.74) is 2.93. The molecule has 0 bridgehead atoms. The van der Waals surface area contributed by atoms with Crippen LogP contribution < -0.4 is 0 Å². The van der Waals surface area contributed by atoms with E-state index in [2.05, 4.69) is 15.9 Å². The molecule has 0 unspecified atom stereocenters. The topological polar surface area (TPSA) is 42.3 Å². The molecule has 1 aliphatic rings. The number of aryl methyl sites for hydroxylation is 1. The Morgan fingerprint density at radius 1 is 1.08 bits per heavy atom. The van der Waals surface area contributed by atoms with Crippen molar-refractivity contribution in [3.8, 4) is 0 Å². The fourth-order valence-corrected chi connectivity index (χ4v) is 4.30. The molecule has 2 heterocycles. The number of thioether (sulfide) groups is 1. The van der Waals surface area contributed by atoms with Gasteiger partial charge in [-0.15, -0.1) is 0 Å². The minimum atomic E-state index is -0.247. The zero-order valence-electron chi connectivity index (χ0n) is 14.0. The van der Waals surface area contributed by atoms with E-state index < -0.39 is 0 Å². The Morgan fingerprint density at radius 2 is 1.81 bits per heavy atom. The van der Waals surface area contributed by atoms with Crippen LogP contribution in [0.1, 0.15) is 11.1 Å². The van der Waals surface area contributed by atoms with Gasteiger partial charge in [0, 0.05) is 34.2 Å². The molecular weight excluding hydrogens is 412 g/mol. The van der Waals surface area contributed by atoms with Crippen molar-refractivity contribution >= 4 is 55.8 Å². The molecule has 0 spiro atoms. The van der Waals surface area contributed by atoms with E-state index >= 15 is 0 Å². The average Bonchev–Trinajstić information content (AvgIpc) is 3.09. The average molecular weight is 427 g/mol. The number of hydrogen-bond donors (Lipinski definition) is 0. The van der Waals surface area contributed by atoms with Gasteiger partial charge < -0.3 is 4.57 Å². The predicted molar refractivity (Wildman–Crippen MR) is 109 cm³/mol. The maximum Gasteiger partial charge on any atom is 0.293 e. The maximum absolute atomic E-state index is 12.8. The van der Waals surface area contributed by atoms with E-state index in [0.717, 1.165) is 38.3 Å². The number of imide groups is 1. The fraction of sp³-hybridized carbons (Fsp3) is 0.100. The Balaban J connectivity index is 1.66. The number of halogens is 1. The summed E-state index contributed by atoms with van der Waals surface area (Å²) in [5, 5.41) is 0.824. The van der Waals surface area contributed by atoms with Gasteiger partial charge in [-0.05, 0) is 35.5 Å². The summed E-state index contributed by atoms with van der Waals surface area (Å²) in [5.74, 6) is -0.247. The van der Waals surface area contributed by atoms with E-state index in [9.17, 15) is 9.59 Å². The van der Waals surface area contributed by atoms with Crippen LogP contribution >= 0.6 is 27.7 Å². The zero-order chi connectivity index (χ0) is 18.3. The number of benzene rings is 2. The van der Waals surface area contributed by atoms with Gasteiger partial charge in [0.05, 0.1) is 11.4 Å². The Morgan fingerprint density at radius 3 is 2.62 bits per heavy atom. The molecule has 1 saturated heterocycles. The highest BCUT2D eigenvalue weighted by Gasteiger charge is 2.35. The van der Waals surface area contributed by atoms with Crippen LogP contribution in [0.2, 0.25) is 0 Å². The van der Waals surface area contributed by atoms with Crippen LogP contribution in [0.4, 0.5) is 4.79 Å². The standard InChI is InChI=1S/C20H15BrN2O2S/c1-22-11-14(15-7-3-5-9-17(15)22)10-18-19(24)23(20(25)26-18)12-13-6-2-4-8-16(13)21/h2-11H,12H2,1H3/b18-10+. The first-order valence-corrected chi connectivity index (χ1v) is 9.68. The lowest BCUT2D eigenvalue weighted by atomic mass is 10.1. The van der Waals surface area contributed by atoms with Crippen molar-refractivity contribution in [2.24, 2.45) is 7.05 Å². The summed E-state index contributed by atoms with van der Waals surface area (Å²) < 4.78 is 2.91. The molecule has 1 aromatic heterocycles. The molecule has 0 N–H and O–H groups in total. The van der Waals surface area contributed by atoms with Crippen LogP contribution in [0, 0.1) is 0 Å². The lowest BCUT2D eigenvalue weighted by Gasteiger charge is -2.13. The van der Waals surface area contributed by atoms with E-state index in [-0.39, 0.29) is 17.7 Å². The normalized spacial score (nSPS) is 16.2. The van der Waals surface area contributed by atoms with Crippen molar-refractivity contribution in [3.63, 3.8) is 0 Å². The highest BCUT2D eigenvalue weighted by molar-refractivity contribution is 9.10. The molecule has 4 rings (SSSR count). The Bertz CT molecular complexity index is 1070. The van der Waals surface area contributed by atoms with Gasteiger partial charge in [0.2, 0.25) is 0 Å². The molecule has 2 amide bonds. The molecule has 1 aliphatic heterocycles. The van der Waals surface area contributed by atoms with Gasteiger partial charge in [-0.25, -0.2) is 0 Å². The van der Waals surface area contributed by atoms with Crippen molar-refractivity contribution in [1.82, 2.24) is 9.47 Å². The minimum Gasteiger partial charge on any atom is -0.350 e. The highest BCUT2D eigenvalue weighted by atomic mass is 79.9. The van der Waals surface area contributed by atoms with Gasteiger partial charge in [-0.2, -0.15) is 0 Å². The number of rotatable bonds is 3. The number of hydrogen-bond acceptors (Lipinski definition) is 3. The van der Waals surface area contributed by atoms with E-state index in [4.69, 9.17) is 0 Å². The smallest absolute Gasteiger partial charge is 0.293 e.